The van der Waals surface area contributed by atoms with Gasteiger partial charge in [0.25, 0.3) is 5.91 Å². The molecular weight excluding hydrogens is 226 g/mol. The highest BCUT2D eigenvalue weighted by molar-refractivity contribution is 5.93. The summed E-state index contributed by atoms with van der Waals surface area (Å²) in [5.41, 5.74) is 0.596. The Morgan fingerprint density at radius 1 is 1.33 bits per heavy atom. The molecule has 1 aromatic rings. The van der Waals surface area contributed by atoms with Crippen LogP contribution in [0.15, 0.2) is 24.3 Å². The normalized spacial score (nSPS) is 19.4. The van der Waals surface area contributed by atoms with Crippen LogP contribution in [0, 0.1) is 6.07 Å². The fourth-order valence-corrected chi connectivity index (χ4v) is 2.10. The van der Waals surface area contributed by atoms with Crippen molar-refractivity contribution in [3.05, 3.63) is 35.9 Å². The van der Waals surface area contributed by atoms with E-state index in [1.54, 1.807) is 12.1 Å². The molecule has 0 aliphatic carbocycles. The maximum atomic E-state index is 12.0. The van der Waals surface area contributed by atoms with Crippen molar-refractivity contribution < 1.29 is 4.79 Å². The van der Waals surface area contributed by atoms with Crippen LogP contribution in [0.1, 0.15) is 17.3 Å². The van der Waals surface area contributed by atoms with Gasteiger partial charge in [-0.25, -0.2) is 0 Å². The minimum Gasteiger partial charge on any atom is -0.337 e. The van der Waals surface area contributed by atoms with Crippen molar-refractivity contribution in [1.29, 1.82) is 0 Å². The van der Waals surface area contributed by atoms with Gasteiger partial charge >= 0.3 is 0 Å². The summed E-state index contributed by atoms with van der Waals surface area (Å²) >= 11 is 0. The first-order chi connectivity index (χ1) is 8.66. The molecule has 1 unspecified atom stereocenters. The number of carbonyl (C=O) groups excluding carboxylic acids is 1. The van der Waals surface area contributed by atoms with Gasteiger partial charge in [0.1, 0.15) is 0 Å². The quantitative estimate of drug-likeness (QED) is 0.857. The fraction of sp³-hybridized carbons (Fsp3) is 0.500. The van der Waals surface area contributed by atoms with E-state index >= 15 is 0 Å². The molecule has 1 heterocycles. The van der Waals surface area contributed by atoms with Crippen LogP contribution in [-0.4, -0.2) is 55.1 Å². The first-order valence-electron chi connectivity index (χ1n) is 6.37. The summed E-state index contributed by atoms with van der Waals surface area (Å²) in [7, 11) is 2.12. The molecule has 2 rings (SSSR count). The lowest BCUT2D eigenvalue weighted by molar-refractivity contribution is 0.0763. The first kappa shape index (κ1) is 13.1. The Hall–Kier alpha value is -1.39. The molecule has 1 N–H and O–H groups in total. The van der Waals surface area contributed by atoms with Crippen molar-refractivity contribution in [2.45, 2.75) is 13.1 Å². The van der Waals surface area contributed by atoms with E-state index < -0.39 is 0 Å². The molecule has 1 saturated heterocycles. The SMILES string of the molecule is CC(NC(=O)c1[c]cccc1)N1CCN(C)CC1. The van der Waals surface area contributed by atoms with Gasteiger partial charge in [-0.05, 0) is 26.1 Å². The summed E-state index contributed by atoms with van der Waals surface area (Å²) < 4.78 is 0. The number of nitrogens with one attached hydrogen (secondary N) is 1. The molecular formula is C14H20N3O. The van der Waals surface area contributed by atoms with E-state index in [-0.39, 0.29) is 12.1 Å². The molecule has 0 saturated carbocycles. The zero-order valence-corrected chi connectivity index (χ0v) is 11.0. The topological polar surface area (TPSA) is 35.6 Å². The minimum atomic E-state index is -0.0537. The Balaban J connectivity index is 1.87. The Kier molecular flexibility index (Phi) is 4.33. The molecule has 0 spiro atoms. The fourth-order valence-electron chi connectivity index (χ4n) is 2.10. The van der Waals surface area contributed by atoms with Crippen LogP contribution in [0.25, 0.3) is 0 Å². The molecule has 0 aromatic heterocycles. The number of piperazine rings is 1. The van der Waals surface area contributed by atoms with Crippen LogP contribution in [0.2, 0.25) is 0 Å². The van der Waals surface area contributed by atoms with E-state index in [9.17, 15) is 4.79 Å². The van der Waals surface area contributed by atoms with Gasteiger partial charge in [0.05, 0.1) is 6.17 Å². The smallest absolute Gasteiger partial charge is 0.253 e. The van der Waals surface area contributed by atoms with E-state index in [0.717, 1.165) is 26.2 Å². The van der Waals surface area contributed by atoms with Crippen molar-refractivity contribution in [2.24, 2.45) is 0 Å². The minimum absolute atomic E-state index is 0.0537. The van der Waals surface area contributed by atoms with Crippen LogP contribution in [-0.2, 0) is 0 Å². The van der Waals surface area contributed by atoms with Gasteiger partial charge in [-0.2, -0.15) is 0 Å². The number of amides is 1. The van der Waals surface area contributed by atoms with Gasteiger partial charge in [-0.1, -0.05) is 18.2 Å². The van der Waals surface area contributed by atoms with Crippen LogP contribution in [0.5, 0.6) is 0 Å². The second-order valence-electron chi connectivity index (χ2n) is 4.76. The molecule has 1 amide bonds. The number of carbonyl (C=O) groups is 1. The van der Waals surface area contributed by atoms with Crippen LogP contribution >= 0.6 is 0 Å². The standard InChI is InChI=1S/C14H20N3O/c1-12(17-10-8-16(2)9-11-17)15-14(18)13-6-4-3-5-7-13/h3-6,12H,8-11H2,1-2H3,(H,15,18). The van der Waals surface area contributed by atoms with Gasteiger partial charge in [0, 0.05) is 31.7 Å². The van der Waals surface area contributed by atoms with E-state index in [1.165, 1.54) is 0 Å². The zero-order chi connectivity index (χ0) is 13.0. The van der Waals surface area contributed by atoms with Crippen molar-refractivity contribution >= 4 is 5.91 Å². The zero-order valence-electron chi connectivity index (χ0n) is 11.0. The van der Waals surface area contributed by atoms with E-state index in [1.807, 2.05) is 19.1 Å². The second kappa shape index (κ2) is 5.98. The number of rotatable bonds is 3. The number of nitrogens with zero attached hydrogens (tertiary/aromatic N) is 2. The summed E-state index contributed by atoms with van der Waals surface area (Å²) in [6, 6.07) is 10.2. The molecule has 1 atom stereocenters. The number of hydrogen-bond donors (Lipinski definition) is 1. The lowest BCUT2D eigenvalue weighted by Gasteiger charge is -2.36. The average molecular weight is 246 g/mol. The van der Waals surface area contributed by atoms with E-state index in [4.69, 9.17) is 0 Å². The maximum Gasteiger partial charge on any atom is 0.253 e. The van der Waals surface area contributed by atoms with Crippen molar-refractivity contribution in [1.82, 2.24) is 15.1 Å². The molecule has 0 bridgehead atoms. The summed E-state index contributed by atoms with van der Waals surface area (Å²) in [6.07, 6.45) is 0.0693. The highest BCUT2D eigenvalue weighted by Crippen LogP contribution is 2.04. The largest absolute Gasteiger partial charge is 0.337 e. The third kappa shape index (κ3) is 3.31. The second-order valence-corrected chi connectivity index (χ2v) is 4.76. The lowest BCUT2D eigenvalue weighted by atomic mass is 10.2. The van der Waals surface area contributed by atoms with E-state index in [0.29, 0.717) is 5.56 Å². The Bertz CT molecular complexity index is 385. The highest BCUT2D eigenvalue weighted by atomic mass is 16.1. The highest BCUT2D eigenvalue weighted by Gasteiger charge is 2.20. The van der Waals surface area contributed by atoms with Gasteiger partial charge in [-0.15, -0.1) is 0 Å². The molecule has 97 valence electrons. The third-order valence-corrected chi connectivity index (χ3v) is 3.38. The van der Waals surface area contributed by atoms with Crippen LogP contribution in [0.3, 0.4) is 0 Å². The first-order valence-corrected chi connectivity index (χ1v) is 6.37. The molecule has 4 heteroatoms. The third-order valence-electron chi connectivity index (χ3n) is 3.38. The molecule has 1 radical (unpaired) electrons. The number of benzene rings is 1. The lowest BCUT2D eigenvalue weighted by Crippen LogP contribution is -2.53. The van der Waals surface area contributed by atoms with E-state index in [2.05, 4.69) is 28.2 Å². The summed E-state index contributed by atoms with van der Waals surface area (Å²) in [5.74, 6) is -0.0537. The van der Waals surface area contributed by atoms with Crippen molar-refractivity contribution in [3.8, 4) is 0 Å². The molecule has 1 aromatic carbocycles. The summed E-state index contributed by atoms with van der Waals surface area (Å²) in [5, 5.41) is 3.02. The Morgan fingerprint density at radius 2 is 2.06 bits per heavy atom. The number of hydrogen-bond acceptors (Lipinski definition) is 3. The van der Waals surface area contributed by atoms with Gasteiger partial charge < -0.3 is 10.2 Å². The maximum absolute atomic E-state index is 12.0. The van der Waals surface area contributed by atoms with Crippen LogP contribution < -0.4 is 5.32 Å². The van der Waals surface area contributed by atoms with Crippen LogP contribution in [0.4, 0.5) is 0 Å². The monoisotopic (exact) mass is 246 g/mol. The molecule has 18 heavy (non-hydrogen) atoms. The van der Waals surface area contributed by atoms with Gasteiger partial charge in [-0.3, -0.25) is 9.69 Å². The molecule has 4 nitrogen and oxygen atoms in total. The summed E-state index contributed by atoms with van der Waals surface area (Å²) in [6.45, 7) is 6.13. The molecule has 1 aliphatic rings. The summed E-state index contributed by atoms with van der Waals surface area (Å²) in [4.78, 5) is 16.6. The Labute approximate surface area is 109 Å². The van der Waals surface area contributed by atoms with Crippen molar-refractivity contribution in [3.63, 3.8) is 0 Å². The molecule has 1 aliphatic heterocycles. The van der Waals surface area contributed by atoms with Crippen molar-refractivity contribution in [2.75, 3.05) is 33.2 Å². The molecule has 1 fully saturated rings. The number of likely N-dealkylation sites (N-methyl/N-ethyl adjacent to an activating group) is 1. The predicted molar refractivity (Wildman–Crippen MR) is 71.3 cm³/mol. The van der Waals surface area contributed by atoms with Gasteiger partial charge in [0.2, 0.25) is 0 Å². The predicted octanol–water partition coefficient (Wildman–Crippen LogP) is 0.810. The average Bonchev–Trinajstić information content (AvgIpc) is 2.40. The Morgan fingerprint density at radius 3 is 2.67 bits per heavy atom. The van der Waals surface area contributed by atoms with Gasteiger partial charge in [0.15, 0.2) is 0 Å².